The van der Waals surface area contributed by atoms with E-state index in [4.69, 9.17) is 0 Å². The van der Waals surface area contributed by atoms with Crippen molar-refractivity contribution in [2.75, 3.05) is 26.4 Å². The molecule has 134 valence electrons. The lowest BCUT2D eigenvalue weighted by Gasteiger charge is -2.23. The lowest BCUT2D eigenvalue weighted by Crippen LogP contribution is -2.42. The molecule has 0 aliphatic rings. The first kappa shape index (κ1) is 23.1. The van der Waals surface area contributed by atoms with Crippen LogP contribution in [0.15, 0.2) is 20.9 Å². The van der Waals surface area contributed by atoms with E-state index in [0.29, 0.717) is 12.5 Å². The predicted octanol–water partition coefficient (Wildman–Crippen LogP) is 3.35. The summed E-state index contributed by atoms with van der Waals surface area (Å²) in [7, 11) is 0.505. The molecule has 1 aromatic heterocycles. The number of hydrogen-bond acceptors (Lipinski definition) is 4. The Hall–Kier alpha value is 0.130. The fourth-order valence-corrected chi connectivity index (χ4v) is 4.25. The van der Waals surface area contributed by atoms with Gasteiger partial charge < -0.3 is 10.2 Å². The first-order valence-corrected chi connectivity index (χ1v) is 10.2. The van der Waals surface area contributed by atoms with Crippen LogP contribution in [-0.2, 0) is 16.4 Å². The summed E-state index contributed by atoms with van der Waals surface area (Å²) < 4.78 is 24.5. The summed E-state index contributed by atoms with van der Waals surface area (Å²) in [6.45, 7) is 6.24. The minimum Gasteiger partial charge on any atom is -0.355 e. The van der Waals surface area contributed by atoms with Gasteiger partial charge in [0.25, 0.3) is 0 Å². The molecule has 0 atom stereocenters. The Bertz CT molecular complexity index is 624. The molecule has 1 heterocycles. The Balaban J connectivity index is 0.00000484. The van der Waals surface area contributed by atoms with Crippen LogP contribution in [0.3, 0.4) is 0 Å². The SMILES string of the molecule is CN=C(NCCS(=O)(=O)C(C)(C)C)N(C)Cc1ccc(Br)s1.I. The molecule has 0 amide bonds. The number of sulfone groups is 1. The minimum atomic E-state index is -3.12. The van der Waals surface area contributed by atoms with E-state index in [9.17, 15) is 8.42 Å². The van der Waals surface area contributed by atoms with Crippen molar-refractivity contribution in [3.05, 3.63) is 20.8 Å². The summed E-state index contributed by atoms with van der Waals surface area (Å²) in [5.41, 5.74) is 0. The van der Waals surface area contributed by atoms with Gasteiger partial charge >= 0.3 is 0 Å². The smallest absolute Gasteiger partial charge is 0.193 e. The average molecular weight is 538 g/mol. The van der Waals surface area contributed by atoms with E-state index in [1.807, 2.05) is 18.0 Å². The number of guanidine groups is 1. The molecular formula is C14H25BrIN3O2S2. The highest BCUT2D eigenvalue weighted by atomic mass is 127. The highest BCUT2D eigenvalue weighted by Crippen LogP contribution is 2.23. The second-order valence-electron chi connectivity index (χ2n) is 5.97. The van der Waals surface area contributed by atoms with E-state index in [-0.39, 0.29) is 29.7 Å². The predicted molar refractivity (Wildman–Crippen MR) is 114 cm³/mol. The van der Waals surface area contributed by atoms with Gasteiger partial charge in [-0.05, 0) is 48.8 Å². The zero-order chi connectivity index (χ0) is 17.0. The molecule has 0 saturated carbocycles. The van der Waals surface area contributed by atoms with Crippen LogP contribution in [0.2, 0.25) is 0 Å². The molecule has 1 N–H and O–H groups in total. The maximum atomic E-state index is 12.1. The number of halogens is 2. The molecule has 9 heteroatoms. The van der Waals surface area contributed by atoms with Crippen molar-refractivity contribution in [3.8, 4) is 0 Å². The molecule has 23 heavy (non-hydrogen) atoms. The largest absolute Gasteiger partial charge is 0.355 e. The molecule has 0 radical (unpaired) electrons. The Morgan fingerprint density at radius 2 is 2.00 bits per heavy atom. The minimum absolute atomic E-state index is 0. The van der Waals surface area contributed by atoms with Gasteiger partial charge in [0.15, 0.2) is 15.8 Å². The fraction of sp³-hybridized carbons (Fsp3) is 0.643. The van der Waals surface area contributed by atoms with Gasteiger partial charge in [-0.15, -0.1) is 35.3 Å². The molecule has 1 rings (SSSR count). The van der Waals surface area contributed by atoms with Crippen LogP contribution in [0.5, 0.6) is 0 Å². The molecule has 0 aliphatic heterocycles. The van der Waals surface area contributed by atoms with Crippen molar-refractivity contribution < 1.29 is 8.42 Å². The monoisotopic (exact) mass is 537 g/mol. The molecule has 0 spiro atoms. The van der Waals surface area contributed by atoms with E-state index < -0.39 is 14.6 Å². The molecule has 1 aromatic rings. The third kappa shape index (κ3) is 7.27. The second kappa shape index (κ2) is 9.57. The number of aliphatic imine (C=N–C) groups is 1. The van der Waals surface area contributed by atoms with E-state index in [2.05, 4.69) is 32.3 Å². The number of hydrogen-bond donors (Lipinski definition) is 1. The van der Waals surface area contributed by atoms with Gasteiger partial charge in [-0.2, -0.15) is 0 Å². The first-order valence-electron chi connectivity index (χ1n) is 6.95. The summed E-state index contributed by atoms with van der Waals surface area (Å²) >= 11 is 5.12. The third-order valence-corrected chi connectivity index (χ3v) is 7.40. The normalized spacial score (nSPS) is 12.7. The van der Waals surface area contributed by atoms with Gasteiger partial charge in [-0.3, -0.25) is 4.99 Å². The maximum Gasteiger partial charge on any atom is 0.193 e. The Morgan fingerprint density at radius 3 is 2.43 bits per heavy atom. The molecule has 0 unspecified atom stereocenters. The van der Waals surface area contributed by atoms with Crippen LogP contribution < -0.4 is 5.32 Å². The van der Waals surface area contributed by atoms with Crippen molar-refractivity contribution in [1.82, 2.24) is 10.2 Å². The van der Waals surface area contributed by atoms with Crippen LogP contribution >= 0.6 is 51.2 Å². The van der Waals surface area contributed by atoms with Crippen molar-refractivity contribution in [2.24, 2.45) is 4.99 Å². The number of nitrogens with one attached hydrogen (secondary N) is 1. The van der Waals surface area contributed by atoms with Gasteiger partial charge in [-0.25, -0.2) is 8.42 Å². The Labute approximate surface area is 169 Å². The highest BCUT2D eigenvalue weighted by molar-refractivity contribution is 14.0. The number of nitrogens with zero attached hydrogens (tertiary/aromatic N) is 2. The van der Waals surface area contributed by atoms with Crippen LogP contribution in [0.1, 0.15) is 25.6 Å². The zero-order valence-electron chi connectivity index (χ0n) is 14.1. The Morgan fingerprint density at radius 1 is 1.39 bits per heavy atom. The van der Waals surface area contributed by atoms with Crippen molar-refractivity contribution in [1.29, 1.82) is 0 Å². The van der Waals surface area contributed by atoms with E-state index in [1.165, 1.54) is 4.88 Å². The molecule has 0 saturated heterocycles. The topological polar surface area (TPSA) is 61.8 Å². The average Bonchev–Trinajstić information content (AvgIpc) is 2.78. The summed E-state index contributed by atoms with van der Waals surface area (Å²) in [6.07, 6.45) is 0. The fourth-order valence-electron chi connectivity index (χ4n) is 1.73. The molecular weight excluding hydrogens is 513 g/mol. The van der Waals surface area contributed by atoms with Gasteiger partial charge in [-0.1, -0.05) is 0 Å². The second-order valence-corrected chi connectivity index (χ2v) is 11.4. The summed E-state index contributed by atoms with van der Waals surface area (Å²) in [5.74, 6) is 0.780. The molecule has 0 bridgehead atoms. The summed E-state index contributed by atoms with van der Waals surface area (Å²) in [5, 5.41) is 3.11. The van der Waals surface area contributed by atoms with Crippen LogP contribution in [0.25, 0.3) is 0 Å². The summed E-state index contributed by atoms with van der Waals surface area (Å²) in [6, 6.07) is 4.07. The molecule has 0 aromatic carbocycles. The maximum absolute atomic E-state index is 12.1. The Kier molecular flexibility index (Phi) is 9.63. The first-order chi connectivity index (χ1) is 10.1. The standard InChI is InChI=1S/C14H24BrN3O2S2.HI/c1-14(2,3)22(19,20)9-8-17-13(16-4)18(5)10-11-6-7-12(15)21-11;/h6-7H,8-10H2,1-5H3,(H,16,17);1H. The van der Waals surface area contributed by atoms with E-state index in [0.717, 1.165) is 10.3 Å². The molecule has 0 fully saturated rings. The number of rotatable bonds is 5. The van der Waals surface area contributed by atoms with Gasteiger partial charge in [0.05, 0.1) is 20.8 Å². The lowest BCUT2D eigenvalue weighted by molar-refractivity contribution is 0.483. The van der Waals surface area contributed by atoms with Crippen LogP contribution in [0.4, 0.5) is 0 Å². The van der Waals surface area contributed by atoms with E-state index in [1.54, 1.807) is 39.2 Å². The number of thiophene rings is 1. The highest BCUT2D eigenvalue weighted by Gasteiger charge is 2.28. The molecule has 5 nitrogen and oxygen atoms in total. The van der Waals surface area contributed by atoms with Crippen LogP contribution in [0, 0.1) is 0 Å². The van der Waals surface area contributed by atoms with Gasteiger partial charge in [0.2, 0.25) is 0 Å². The van der Waals surface area contributed by atoms with E-state index >= 15 is 0 Å². The third-order valence-electron chi connectivity index (χ3n) is 3.18. The quantitative estimate of drug-likeness (QED) is 0.355. The zero-order valence-corrected chi connectivity index (χ0v) is 19.6. The van der Waals surface area contributed by atoms with Crippen LogP contribution in [-0.4, -0.2) is 50.4 Å². The van der Waals surface area contributed by atoms with Crippen molar-refractivity contribution in [2.45, 2.75) is 32.1 Å². The summed E-state index contributed by atoms with van der Waals surface area (Å²) in [4.78, 5) is 7.38. The van der Waals surface area contributed by atoms with Crippen molar-refractivity contribution >= 4 is 67.0 Å². The van der Waals surface area contributed by atoms with Gasteiger partial charge in [0, 0.05) is 25.5 Å². The molecule has 0 aliphatic carbocycles. The lowest BCUT2D eigenvalue weighted by atomic mass is 10.3. The van der Waals surface area contributed by atoms with Gasteiger partial charge in [0.1, 0.15) is 0 Å². The van der Waals surface area contributed by atoms with Crippen molar-refractivity contribution in [3.63, 3.8) is 0 Å².